The summed E-state index contributed by atoms with van der Waals surface area (Å²) in [6, 6.07) is 3.01. The highest BCUT2D eigenvalue weighted by molar-refractivity contribution is 7.89. The zero-order chi connectivity index (χ0) is 12.7. The van der Waals surface area contributed by atoms with E-state index in [4.69, 9.17) is 28.3 Å². The fraction of sp³-hybridized carbons (Fsp3) is 0.400. The molecule has 1 aromatic rings. The van der Waals surface area contributed by atoms with Gasteiger partial charge in [0.15, 0.2) is 0 Å². The molecular formula is C10H13Cl2NO2S. The molecule has 0 unspecified atom stereocenters. The van der Waals surface area contributed by atoms with Crippen molar-refractivity contribution in [1.29, 1.82) is 0 Å². The van der Waals surface area contributed by atoms with Crippen LogP contribution in [0.15, 0.2) is 17.0 Å². The fourth-order valence-electron chi connectivity index (χ4n) is 1.33. The molecule has 90 valence electrons. The molecule has 0 aliphatic rings. The summed E-state index contributed by atoms with van der Waals surface area (Å²) in [5.74, 6) is 0. The summed E-state index contributed by atoms with van der Waals surface area (Å²) >= 11 is 11.9. The van der Waals surface area contributed by atoms with Crippen LogP contribution in [-0.4, -0.2) is 8.42 Å². The molecule has 16 heavy (non-hydrogen) atoms. The van der Waals surface area contributed by atoms with Crippen LogP contribution < -0.4 is 5.14 Å². The smallest absolute Gasteiger partial charge is 0.225 e. The lowest BCUT2D eigenvalue weighted by molar-refractivity contribution is 0.587. The van der Waals surface area contributed by atoms with E-state index in [0.29, 0.717) is 0 Å². The molecule has 0 heterocycles. The van der Waals surface area contributed by atoms with Gasteiger partial charge in [0.05, 0.1) is 10.0 Å². The highest BCUT2D eigenvalue weighted by Crippen LogP contribution is 2.37. The first kappa shape index (κ1) is 13.8. The van der Waals surface area contributed by atoms with Crippen LogP contribution >= 0.6 is 23.2 Å². The summed E-state index contributed by atoms with van der Waals surface area (Å²) < 4.78 is 22.4. The van der Waals surface area contributed by atoms with Gasteiger partial charge >= 0.3 is 0 Å². The van der Waals surface area contributed by atoms with Crippen LogP contribution in [0.1, 0.15) is 26.3 Å². The Balaban J connectivity index is 3.54. The van der Waals surface area contributed by atoms with Crippen LogP contribution in [0, 0.1) is 0 Å². The van der Waals surface area contributed by atoms with Gasteiger partial charge in [0.25, 0.3) is 0 Å². The summed E-state index contributed by atoms with van der Waals surface area (Å²) in [6.45, 7) is 5.88. The van der Waals surface area contributed by atoms with E-state index in [9.17, 15) is 8.42 Å². The maximum absolute atomic E-state index is 11.2. The normalized spacial score (nSPS) is 12.9. The zero-order valence-electron chi connectivity index (χ0n) is 9.21. The van der Waals surface area contributed by atoms with Gasteiger partial charge in [-0.05, 0) is 17.0 Å². The first-order chi connectivity index (χ1) is 7.05. The number of sulfonamides is 1. The van der Waals surface area contributed by atoms with Crippen LogP contribution in [0.3, 0.4) is 0 Å². The Morgan fingerprint density at radius 1 is 1.12 bits per heavy atom. The highest BCUT2D eigenvalue weighted by atomic mass is 35.5. The van der Waals surface area contributed by atoms with Gasteiger partial charge in [0, 0.05) is 0 Å². The van der Waals surface area contributed by atoms with Gasteiger partial charge in [-0.1, -0.05) is 50.0 Å². The molecule has 0 aromatic heterocycles. The van der Waals surface area contributed by atoms with Crippen molar-refractivity contribution in [3.8, 4) is 0 Å². The zero-order valence-corrected chi connectivity index (χ0v) is 11.5. The first-order valence-corrected chi connectivity index (χ1v) is 6.86. The summed E-state index contributed by atoms with van der Waals surface area (Å²) in [7, 11) is -3.83. The lowest BCUT2D eigenvalue weighted by Gasteiger charge is -2.21. The van der Waals surface area contributed by atoms with Gasteiger partial charge in [0.1, 0.15) is 4.90 Å². The van der Waals surface area contributed by atoms with Crippen molar-refractivity contribution < 1.29 is 8.42 Å². The molecular weight excluding hydrogens is 269 g/mol. The van der Waals surface area contributed by atoms with Crippen molar-refractivity contribution in [2.45, 2.75) is 31.1 Å². The molecule has 0 bridgehead atoms. The van der Waals surface area contributed by atoms with E-state index >= 15 is 0 Å². The molecule has 2 N–H and O–H groups in total. The van der Waals surface area contributed by atoms with E-state index < -0.39 is 10.0 Å². The van der Waals surface area contributed by atoms with Crippen molar-refractivity contribution in [3.05, 3.63) is 27.7 Å². The van der Waals surface area contributed by atoms with Crippen LogP contribution in [-0.2, 0) is 15.4 Å². The van der Waals surface area contributed by atoms with Crippen molar-refractivity contribution in [1.82, 2.24) is 0 Å². The predicted molar refractivity (Wildman–Crippen MR) is 66.5 cm³/mol. The van der Waals surface area contributed by atoms with Gasteiger partial charge in [0.2, 0.25) is 10.0 Å². The van der Waals surface area contributed by atoms with Gasteiger partial charge in [-0.15, -0.1) is 0 Å². The number of nitrogens with two attached hydrogens (primary N) is 1. The molecule has 0 saturated heterocycles. The largest absolute Gasteiger partial charge is 0.239 e. The molecule has 3 nitrogen and oxygen atoms in total. The van der Waals surface area contributed by atoms with E-state index in [-0.39, 0.29) is 20.4 Å². The molecule has 0 saturated carbocycles. The number of hydrogen-bond acceptors (Lipinski definition) is 2. The number of halogens is 2. The van der Waals surface area contributed by atoms with Crippen molar-refractivity contribution in [3.63, 3.8) is 0 Å². The molecule has 1 aromatic carbocycles. The third-order valence-electron chi connectivity index (χ3n) is 2.16. The van der Waals surface area contributed by atoms with Gasteiger partial charge in [-0.25, -0.2) is 13.6 Å². The third kappa shape index (κ3) is 2.69. The molecule has 0 radical (unpaired) electrons. The van der Waals surface area contributed by atoms with Gasteiger partial charge in [-0.3, -0.25) is 0 Å². The number of rotatable bonds is 1. The van der Waals surface area contributed by atoms with Gasteiger partial charge < -0.3 is 0 Å². The minimum absolute atomic E-state index is 0.0170. The van der Waals surface area contributed by atoms with Crippen molar-refractivity contribution >= 4 is 33.2 Å². The standard InChI is InChI=1S/C10H13Cl2NO2S/c1-10(2,3)6-4-5-7(16(13,14)15)9(12)8(6)11/h4-5H,1-3H3,(H2,13,14,15). The van der Waals surface area contributed by atoms with E-state index in [1.165, 1.54) is 6.07 Å². The monoisotopic (exact) mass is 281 g/mol. The van der Waals surface area contributed by atoms with Crippen LogP contribution in [0.2, 0.25) is 10.0 Å². The molecule has 0 aliphatic carbocycles. The average Bonchev–Trinajstić information content (AvgIpc) is 2.05. The molecule has 0 aliphatic heterocycles. The van der Waals surface area contributed by atoms with E-state index in [1.54, 1.807) is 6.07 Å². The maximum Gasteiger partial charge on any atom is 0.239 e. The number of benzene rings is 1. The molecule has 0 fully saturated rings. The molecule has 1 rings (SSSR count). The number of primary sulfonamides is 1. The van der Waals surface area contributed by atoms with Crippen molar-refractivity contribution in [2.75, 3.05) is 0 Å². The fourth-order valence-corrected chi connectivity index (χ4v) is 2.93. The van der Waals surface area contributed by atoms with E-state index in [2.05, 4.69) is 0 Å². The van der Waals surface area contributed by atoms with Crippen LogP contribution in [0.25, 0.3) is 0 Å². The Bertz CT molecular complexity index is 518. The minimum atomic E-state index is -3.83. The average molecular weight is 282 g/mol. The Morgan fingerprint density at radius 3 is 2.00 bits per heavy atom. The lowest BCUT2D eigenvalue weighted by atomic mass is 9.87. The Morgan fingerprint density at radius 2 is 1.62 bits per heavy atom. The Labute approximate surface area is 106 Å². The Kier molecular flexibility index (Phi) is 3.60. The molecule has 0 atom stereocenters. The SMILES string of the molecule is CC(C)(C)c1ccc(S(N)(=O)=O)c(Cl)c1Cl. The summed E-state index contributed by atoms with van der Waals surface area (Å²) in [5.41, 5.74) is 0.573. The molecule has 6 heteroatoms. The second-order valence-electron chi connectivity index (χ2n) is 4.53. The number of hydrogen-bond donors (Lipinski definition) is 1. The van der Waals surface area contributed by atoms with E-state index in [0.717, 1.165) is 5.56 Å². The summed E-state index contributed by atoms with van der Waals surface area (Å²) in [4.78, 5) is -0.146. The molecule has 0 amide bonds. The second-order valence-corrected chi connectivity index (χ2v) is 6.82. The highest BCUT2D eigenvalue weighted by Gasteiger charge is 2.23. The second kappa shape index (κ2) is 4.18. The lowest BCUT2D eigenvalue weighted by Crippen LogP contribution is -2.16. The minimum Gasteiger partial charge on any atom is -0.225 e. The summed E-state index contributed by atoms with van der Waals surface area (Å²) in [5, 5.41) is 5.23. The first-order valence-electron chi connectivity index (χ1n) is 4.56. The Hall–Kier alpha value is -0.290. The molecule has 0 spiro atoms. The van der Waals surface area contributed by atoms with Gasteiger partial charge in [-0.2, -0.15) is 0 Å². The van der Waals surface area contributed by atoms with Crippen molar-refractivity contribution in [2.24, 2.45) is 5.14 Å². The topological polar surface area (TPSA) is 60.2 Å². The van der Waals surface area contributed by atoms with Crippen LogP contribution in [0.4, 0.5) is 0 Å². The van der Waals surface area contributed by atoms with E-state index in [1.807, 2.05) is 20.8 Å². The predicted octanol–water partition coefficient (Wildman–Crippen LogP) is 2.94. The maximum atomic E-state index is 11.2. The third-order valence-corrected chi connectivity index (χ3v) is 4.11. The summed E-state index contributed by atoms with van der Waals surface area (Å²) in [6.07, 6.45) is 0. The van der Waals surface area contributed by atoms with Crippen LogP contribution in [0.5, 0.6) is 0 Å². The quantitative estimate of drug-likeness (QED) is 0.860.